The second-order valence-corrected chi connectivity index (χ2v) is 4.45. The van der Waals surface area contributed by atoms with Gasteiger partial charge in [0, 0.05) is 0 Å². The molecule has 118 valence electrons. The molecule has 0 saturated carbocycles. The van der Waals surface area contributed by atoms with Crippen LogP contribution in [0.4, 0.5) is 11.4 Å². The van der Waals surface area contributed by atoms with Crippen LogP contribution in [0.15, 0.2) is 12.1 Å². The lowest BCUT2D eigenvalue weighted by atomic mass is 10.1. The van der Waals surface area contributed by atoms with E-state index < -0.39 is 46.6 Å². The second-order valence-electron chi connectivity index (χ2n) is 3.92. The van der Waals surface area contributed by atoms with Crippen LogP contribution in [0.2, 0.25) is 0 Å². The summed E-state index contributed by atoms with van der Waals surface area (Å²) in [7, 11) is 0. The predicted molar refractivity (Wildman–Crippen MR) is 79.1 cm³/mol. The highest BCUT2D eigenvalue weighted by molar-refractivity contribution is 6.30. The van der Waals surface area contributed by atoms with E-state index in [-0.39, 0.29) is 11.4 Å². The number of nitrogens with one attached hydrogen (secondary N) is 2. The molecular weight excluding hydrogens is 339 g/mol. The predicted octanol–water partition coefficient (Wildman–Crippen LogP) is 1.44. The number of carbonyl (C=O) groups is 4. The lowest BCUT2D eigenvalue weighted by Crippen LogP contribution is -2.19. The second kappa shape index (κ2) is 7.62. The molecule has 10 heteroatoms. The van der Waals surface area contributed by atoms with Crippen molar-refractivity contribution in [2.24, 2.45) is 0 Å². The highest BCUT2D eigenvalue weighted by Crippen LogP contribution is 2.26. The Hall–Kier alpha value is -2.32. The molecule has 2 amide bonds. The average Bonchev–Trinajstić information content (AvgIpc) is 2.46. The van der Waals surface area contributed by atoms with Crippen LogP contribution in [0, 0.1) is 0 Å². The van der Waals surface area contributed by atoms with E-state index in [0.717, 1.165) is 12.1 Å². The third kappa shape index (κ3) is 4.34. The first-order valence-corrected chi connectivity index (χ1v) is 6.73. The molecule has 1 aromatic carbocycles. The summed E-state index contributed by atoms with van der Waals surface area (Å²) in [6, 6.07) is 1.83. The van der Waals surface area contributed by atoms with E-state index in [1.807, 2.05) is 0 Å². The van der Waals surface area contributed by atoms with Crippen LogP contribution in [-0.4, -0.2) is 45.7 Å². The summed E-state index contributed by atoms with van der Waals surface area (Å²) in [5, 5.41) is 22.6. The molecular formula is C12H10Cl2N2O6. The number of amides is 2. The maximum Gasteiger partial charge on any atom is 0.337 e. The number of anilines is 2. The summed E-state index contributed by atoms with van der Waals surface area (Å²) in [5.41, 5.74) is -1.32. The van der Waals surface area contributed by atoms with Crippen LogP contribution >= 0.6 is 23.2 Å². The van der Waals surface area contributed by atoms with Crippen LogP contribution < -0.4 is 10.6 Å². The lowest BCUT2D eigenvalue weighted by molar-refractivity contribution is -0.114. The third-order valence-electron chi connectivity index (χ3n) is 2.41. The van der Waals surface area contributed by atoms with Gasteiger partial charge in [-0.05, 0) is 12.1 Å². The summed E-state index contributed by atoms with van der Waals surface area (Å²) in [6.07, 6.45) is 0. The molecule has 0 saturated heterocycles. The Morgan fingerprint density at radius 2 is 1.18 bits per heavy atom. The van der Waals surface area contributed by atoms with Gasteiger partial charge in [0.1, 0.15) is 11.8 Å². The minimum Gasteiger partial charge on any atom is -0.478 e. The number of hydrogen-bond acceptors (Lipinski definition) is 4. The van der Waals surface area contributed by atoms with E-state index >= 15 is 0 Å². The molecule has 0 unspecified atom stereocenters. The van der Waals surface area contributed by atoms with Crippen molar-refractivity contribution < 1.29 is 29.4 Å². The van der Waals surface area contributed by atoms with Crippen molar-refractivity contribution >= 4 is 58.3 Å². The Morgan fingerprint density at radius 3 is 1.45 bits per heavy atom. The number of hydrogen-bond donors (Lipinski definition) is 4. The Kier molecular flexibility index (Phi) is 6.14. The maximum atomic E-state index is 11.3. The first-order valence-electron chi connectivity index (χ1n) is 5.66. The maximum absolute atomic E-state index is 11.3. The zero-order chi connectivity index (χ0) is 16.9. The number of carboxylic acid groups (broad SMARTS) is 2. The molecule has 0 aromatic heterocycles. The van der Waals surface area contributed by atoms with E-state index in [2.05, 4.69) is 10.6 Å². The van der Waals surface area contributed by atoms with Crippen molar-refractivity contribution in [2.75, 3.05) is 22.4 Å². The van der Waals surface area contributed by atoms with Crippen molar-refractivity contribution in [1.29, 1.82) is 0 Å². The van der Waals surface area contributed by atoms with Crippen molar-refractivity contribution in [1.82, 2.24) is 0 Å². The number of rotatable bonds is 6. The standard InChI is InChI=1S/C12H10Cl2N2O6/c13-3-9(17)15-7-2-8(16-10(18)4-14)6(12(21)22)1-5(7)11(19)20/h1-2H,3-4H2,(H,15,17)(H,16,18)(H,19,20)(H,21,22). The number of alkyl halides is 2. The zero-order valence-electron chi connectivity index (χ0n) is 10.9. The molecule has 0 aliphatic rings. The van der Waals surface area contributed by atoms with Crippen molar-refractivity contribution in [2.45, 2.75) is 0 Å². The van der Waals surface area contributed by atoms with E-state index in [4.69, 9.17) is 33.4 Å². The number of aromatic carboxylic acids is 2. The molecule has 1 aromatic rings. The van der Waals surface area contributed by atoms with Crippen molar-refractivity contribution in [3.05, 3.63) is 23.3 Å². The molecule has 4 N–H and O–H groups in total. The van der Waals surface area contributed by atoms with Gasteiger partial charge in [-0.25, -0.2) is 9.59 Å². The molecule has 0 aliphatic heterocycles. The molecule has 0 fully saturated rings. The Labute approximate surface area is 134 Å². The Bertz CT molecular complexity index is 595. The number of carboxylic acids is 2. The van der Waals surface area contributed by atoms with E-state index in [9.17, 15) is 19.2 Å². The monoisotopic (exact) mass is 348 g/mol. The van der Waals surface area contributed by atoms with Gasteiger partial charge in [-0.2, -0.15) is 0 Å². The van der Waals surface area contributed by atoms with Crippen LogP contribution in [-0.2, 0) is 9.59 Å². The summed E-state index contributed by atoms with van der Waals surface area (Å²) < 4.78 is 0. The number of carbonyl (C=O) groups excluding carboxylic acids is 2. The highest BCUT2D eigenvalue weighted by atomic mass is 35.5. The normalized spacial score (nSPS) is 9.91. The minimum atomic E-state index is -1.46. The lowest BCUT2D eigenvalue weighted by Gasteiger charge is -2.13. The number of halogens is 2. The molecule has 8 nitrogen and oxygen atoms in total. The van der Waals surface area contributed by atoms with Gasteiger partial charge in [-0.3, -0.25) is 9.59 Å². The quantitative estimate of drug-likeness (QED) is 0.575. The molecule has 0 aliphatic carbocycles. The third-order valence-corrected chi connectivity index (χ3v) is 2.89. The van der Waals surface area contributed by atoms with Gasteiger partial charge in [0.2, 0.25) is 11.8 Å². The zero-order valence-corrected chi connectivity index (χ0v) is 12.4. The van der Waals surface area contributed by atoms with Gasteiger partial charge >= 0.3 is 11.9 Å². The van der Waals surface area contributed by atoms with E-state index in [1.54, 1.807) is 0 Å². The molecule has 0 heterocycles. The smallest absolute Gasteiger partial charge is 0.337 e. The molecule has 1 rings (SSSR count). The molecule has 0 atom stereocenters. The van der Waals surface area contributed by atoms with Gasteiger partial charge in [0.05, 0.1) is 22.5 Å². The first kappa shape index (κ1) is 17.7. The molecule has 0 spiro atoms. The van der Waals surface area contributed by atoms with Gasteiger partial charge in [0.15, 0.2) is 0 Å². The fourth-order valence-corrected chi connectivity index (χ4v) is 1.66. The minimum absolute atomic E-state index is 0.201. The number of benzene rings is 1. The first-order chi connectivity index (χ1) is 10.3. The Balaban J connectivity index is 3.44. The van der Waals surface area contributed by atoms with Gasteiger partial charge in [-0.1, -0.05) is 0 Å². The molecule has 0 bridgehead atoms. The van der Waals surface area contributed by atoms with Gasteiger partial charge < -0.3 is 20.8 Å². The van der Waals surface area contributed by atoms with E-state index in [0.29, 0.717) is 0 Å². The van der Waals surface area contributed by atoms with E-state index in [1.165, 1.54) is 0 Å². The largest absolute Gasteiger partial charge is 0.478 e. The summed E-state index contributed by atoms with van der Waals surface area (Å²) >= 11 is 10.6. The van der Waals surface area contributed by atoms with Crippen LogP contribution in [0.5, 0.6) is 0 Å². The fraction of sp³-hybridized carbons (Fsp3) is 0.167. The molecule has 0 radical (unpaired) electrons. The summed E-state index contributed by atoms with van der Waals surface area (Å²) in [5.74, 6) is -5.15. The Morgan fingerprint density at radius 1 is 0.818 bits per heavy atom. The van der Waals surface area contributed by atoms with Gasteiger partial charge in [0.25, 0.3) is 0 Å². The van der Waals surface area contributed by atoms with Gasteiger partial charge in [-0.15, -0.1) is 23.2 Å². The summed E-state index contributed by atoms with van der Waals surface area (Å²) in [6.45, 7) is 0. The average molecular weight is 349 g/mol. The molecule has 22 heavy (non-hydrogen) atoms. The highest BCUT2D eigenvalue weighted by Gasteiger charge is 2.20. The van der Waals surface area contributed by atoms with Crippen LogP contribution in [0.25, 0.3) is 0 Å². The fourth-order valence-electron chi connectivity index (χ4n) is 1.53. The topological polar surface area (TPSA) is 133 Å². The van der Waals surface area contributed by atoms with Crippen LogP contribution in [0.3, 0.4) is 0 Å². The van der Waals surface area contributed by atoms with Crippen molar-refractivity contribution in [3.63, 3.8) is 0 Å². The van der Waals surface area contributed by atoms with Crippen LogP contribution in [0.1, 0.15) is 20.7 Å². The summed E-state index contributed by atoms with van der Waals surface area (Å²) in [4.78, 5) is 44.9. The van der Waals surface area contributed by atoms with Crippen molar-refractivity contribution in [3.8, 4) is 0 Å². The SMILES string of the molecule is O=C(CCl)Nc1cc(NC(=O)CCl)c(C(=O)O)cc1C(=O)O.